The van der Waals surface area contributed by atoms with E-state index in [0.29, 0.717) is 0 Å². The van der Waals surface area contributed by atoms with Crippen molar-refractivity contribution in [2.45, 2.75) is 0 Å². The second-order valence-corrected chi connectivity index (χ2v) is 3.09. The van der Waals surface area contributed by atoms with Crippen molar-refractivity contribution in [2.75, 3.05) is 5.43 Å². The van der Waals surface area contributed by atoms with Gasteiger partial charge in [0.15, 0.2) is 11.6 Å². The number of hydrazine groups is 1. The first-order valence-electron chi connectivity index (χ1n) is 4.32. The lowest BCUT2D eigenvalue weighted by molar-refractivity contribution is 0.510. The van der Waals surface area contributed by atoms with Gasteiger partial charge in [0.2, 0.25) is 0 Å². The Morgan fingerprint density at radius 3 is 2.62 bits per heavy atom. The van der Waals surface area contributed by atoms with Crippen molar-refractivity contribution in [1.29, 1.82) is 5.26 Å². The largest absolute Gasteiger partial charge is 0.322 e. The number of nitriles is 1. The molecule has 80 valence electrons. The first kappa shape index (κ1) is 10.3. The minimum atomic E-state index is -1.01. The zero-order valence-electron chi connectivity index (χ0n) is 7.96. The molecule has 0 saturated heterocycles. The van der Waals surface area contributed by atoms with Gasteiger partial charge in [-0.3, -0.25) is 10.8 Å². The summed E-state index contributed by atoms with van der Waals surface area (Å²) in [5, 5.41) is 9.04. The summed E-state index contributed by atoms with van der Waals surface area (Å²) in [6, 6.07) is 3.75. The molecule has 0 bridgehead atoms. The average molecular weight is 220 g/mol. The zero-order valence-corrected chi connectivity index (χ0v) is 7.96. The highest BCUT2D eigenvalue weighted by Gasteiger charge is 2.11. The maximum atomic E-state index is 13.0. The van der Waals surface area contributed by atoms with E-state index in [4.69, 9.17) is 11.1 Å². The monoisotopic (exact) mass is 220 g/mol. The minimum Gasteiger partial charge on any atom is -0.322 e. The second kappa shape index (κ2) is 3.72. The van der Waals surface area contributed by atoms with Gasteiger partial charge in [-0.25, -0.2) is 8.78 Å². The molecule has 1 aromatic heterocycles. The number of benzene rings is 1. The smallest absolute Gasteiger partial charge is 0.161 e. The summed E-state index contributed by atoms with van der Waals surface area (Å²) >= 11 is 0. The minimum absolute atomic E-state index is 0.168. The fourth-order valence-electron chi connectivity index (χ4n) is 1.43. The van der Waals surface area contributed by atoms with Crippen LogP contribution in [0.3, 0.4) is 0 Å². The molecule has 0 spiro atoms. The molecule has 6 heteroatoms. The van der Waals surface area contributed by atoms with Gasteiger partial charge in [-0.1, -0.05) is 0 Å². The maximum absolute atomic E-state index is 13.0. The molecule has 0 fully saturated rings. The van der Waals surface area contributed by atoms with Gasteiger partial charge in [0, 0.05) is 17.6 Å². The first-order valence-corrected chi connectivity index (χ1v) is 4.32. The van der Waals surface area contributed by atoms with Crippen LogP contribution < -0.4 is 11.3 Å². The Morgan fingerprint density at radius 2 is 2.00 bits per heavy atom. The van der Waals surface area contributed by atoms with Crippen LogP contribution in [0.2, 0.25) is 0 Å². The second-order valence-electron chi connectivity index (χ2n) is 3.09. The summed E-state index contributed by atoms with van der Waals surface area (Å²) in [5.74, 6) is 3.23. The molecule has 0 amide bonds. The van der Waals surface area contributed by atoms with E-state index in [0.717, 1.165) is 12.1 Å². The van der Waals surface area contributed by atoms with E-state index in [9.17, 15) is 8.78 Å². The normalized spacial score (nSPS) is 10.1. The number of nitrogens with one attached hydrogen (secondary N) is 1. The van der Waals surface area contributed by atoms with Crippen molar-refractivity contribution in [3.63, 3.8) is 0 Å². The Kier molecular flexibility index (Phi) is 2.38. The van der Waals surface area contributed by atoms with E-state index in [-0.39, 0.29) is 22.2 Å². The highest BCUT2D eigenvalue weighted by atomic mass is 19.2. The standard InChI is InChI=1S/C10H6F2N4/c11-7-1-6-9(2-8(7)12)15-4-5(3-13)10(6)16-14/h1-2,4H,14H2,(H,15,16). The Bertz CT molecular complexity index is 604. The number of hydrogen-bond acceptors (Lipinski definition) is 4. The van der Waals surface area contributed by atoms with Crippen molar-refractivity contribution >= 4 is 16.6 Å². The summed E-state index contributed by atoms with van der Waals surface area (Å²) in [6.45, 7) is 0. The molecule has 3 N–H and O–H groups in total. The number of aromatic nitrogens is 1. The molecule has 0 aliphatic rings. The molecule has 1 heterocycles. The van der Waals surface area contributed by atoms with Gasteiger partial charge in [0.25, 0.3) is 0 Å². The van der Waals surface area contributed by atoms with Crippen LogP contribution in [-0.2, 0) is 0 Å². The molecule has 16 heavy (non-hydrogen) atoms. The van der Waals surface area contributed by atoms with Gasteiger partial charge >= 0.3 is 0 Å². The van der Waals surface area contributed by atoms with Gasteiger partial charge in [-0.2, -0.15) is 5.26 Å². The molecule has 0 saturated carbocycles. The number of halogens is 2. The Balaban J connectivity index is 2.88. The molecule has 0 aliphatic heterocycles. The Morgan fingerprint density at radius 1 is 1.31 bits per heavy atom. The molecule has 0 aliphatic carbocycles. The van der Waals surface area contributed by atoms with Crippen molar-refractivity contribution < 1.29 is 8.78 Å². The van der Waals surface area contributed by atoms with Crippen LogP contribution >= 0.6 is 0 Å². The summed E-state index contributed by atoms with van der Waals surface area (Å²) in [7, 11) is 0. The summed E-state index contributed by atoms with van der Waals surface area (Å²) in [4.78, 5) is 3.84. The van der Waals surface area contributed by atoms with E-state index >= 15 is 0 Å². The van der Waals surface area contributed by atoms with Crippen molar-refractivity contribution in [2.24, 2.45) is 5.84 Å². The van der Waals surface area contributed by atoms with Crippen molar-refractivity contribution in [1.82, 2.24) is 4.98 Å². The van der Waals surface area contributed by atoms with Crippen LogP contribution in [0.25, 0.3) is 10.9 Å². The third-order valence-electron chi connectivity index (χ3n) is 2.17. The third kappa shape index (κ3) is 1.43. The fraction of sp³-hybridized carbons (Fsp3) is 0. The summed E-state index contributed by atoms with van der Waals surface area (Å²) < 4.78 is 26.0. The van der Waals surface area contributed by atoms with Crippen LogP contribution in [0.5, 0.6) is 0 Å². The summed E-state index contributed by atoms with van der Waals surface area (Å²) in [6.07, 6.45) is 1.24. The van der Waals surface area contributed by atoms with Crippen LogP contribution in [-0.4, -0.2) is 4.98 Å². The molecular weight excluding hydrogens is 214 g/mol. The number of nitrogens with two attached hydrogens (primary N) is 1. The van der Waals surface area contributed by atoms with Crippen LogP contribution in [0.4, 0.5) is 14.5 Å². The Hall–Kier alpha value is -2.26. The number of pyridine rings is 1. The maximum Gasteiger partial charge on any atom is 0.161 e. The average Bonchev–Trinajstić information content (AvgIpc) is 2.29. The highest BCUT2D eigenvalue weighted by Crippen LogP contribution is 2.26. The van der Waals surface area contributed by atoms with Crippen LogP contribution in [0.1, 0.15) is 5.56 Å². The van der Waals surface area contributed by atoms with Crippen molar-refractivity contribution in [3.8, 4) is 6.07 Å². The lowest BCUT2D eigenvalue weighted by Crippen LogP contribution is -2.09. The number of rotatable bonds is 1. The number of nitrogen functional groups attached to an aromatic ring is 1. The number of anilines is 1. The molecule has 2 rings (SSSR count). The van der Waals surface area contributed by atoms with Gasteiger partial charge in [0.05, 0.1) is 16.8 Å². The first-order chi connectivity index (χ1) is 7.67. The highest BCUT2D eigenvalue weighted by molar-refractivity contribution is 5.93. The predicted octanol–water partition coefficient (Wildman–Crippen LogP) is 1.67. The van der Waals surface area contributed by atoms with E-state index in [2.05, 4.69) is 10.4 Å². The van der Waals surface area contributed by atoms with Crippen LogP contribution in [0.15, 0.2) is 18.3 Å². The van der Waals surface area contributed by atoms with E-state index in [1.165, 1.54) is 6.20 Å². The molecule has 2 aromatic rings. The SMILES string of the molecule is N#Cc1cnc2cc(F)c(F)cc2c1NN. The molecule has 4 nitrogen and oxygen atoms in total. The van der Waals surface area contributed by atoms with Gasteiger partial charge in [-0.05, 0) is 6.07 Å². The van der Waals surface area contributed by atoms with Crippen molar-refractivity contribution in [3.05, 3.63) is 35.5 Å². The quantitative estimate of drug-likeness (QED) is 0.566. The van der Waals surface area contributed by atoms with E-state index in [1.54, 1.807) is 0 Å². The number of fused-ring (bicyclic) bond motifs is 1. The fourth-order valence-corrected chi connectivity index (χ4v) is 1.43. The van der Waals surface area contributed by atoms with E-state index < -0.39 is 11.6 Å². The summed E-state index contributed by atoms with van der Waals surface area (Å²) in [5.41, 5.74) is 2.91. The predicted molar refractivity (Wildman–Crippen MR) is 54.2 cm³/mol. The lowest BCUT2D eigenvalue weighted by Gasteiger charge is -2.07. The molecule has 0 radical (unpaired) electrons. The number of nitrogens with zero attached hydrogens (tertiary/aromatic N) is 2. The van der Waals surface area contributed by atoms with E-state index in [1.807, 2.05) is 6.07 Å². The lowest BCUT2D eigenvalue weighted by atomic mass is 10.1. The van der Waals surface area contributed by atoms with Gasteiger partial charge in [-0.15, -0.1) is 0 Å². The Labute approximate surface area is 89.3 Å². The molecule has 0 unspecified atom stereocenters. The number of hydrogen-bond donors (Lipinski definition) is 2. The van der Waals surface area contributed by atoms with Gasteiger partial charge < -0.3 is 5.43 Å². The topological polar surface area (TPSA) is 74.7 Å². The molecule has 1 aromatic carbocycles. The third-order valence-corrected chi connectivity index (χ3v) is 2.17. The zero-order chi connectivity index (χ0) is 11.7. The molecule has 0 atom stereocenters. The molecular formula is C10H6F2N4. The van der Waals surface area contributed by atoms with Gasteiger partial charge in [0.1, 0.15) is 6.07 Å². The van der Waals surface area contributed by atoms with Crippen LogP contribution in [0, 0.1) is 23.0 Å².